The lowest BCUT2D eigenvalue weighted by atomic mass is 9.85. The van der Waals surface area contributed by atoms with Crippen molar-refractivity contribution in [2.24, 2.45) is 0 Å². The molecule has 0 bridgehead atoms. The molecule has 124 valence electrons. The molecule has 1 aromatic rings. The molecular formula is C21H30OSi. The highest BCUT2D eigenvalue weighted by molar-refractivity contribution is 6.92. The van der Waals surface area contributed by atoms with Crippen LogP contribution in [-0.4, -0.2) is 14.7 Å². The van der Waals surface area contributed by atoms with Crippen LogP contribution < -0.4 is 9.92 Å². The van der Waals surface area contributed by atoms with Crippen molar-refractivity contribution in [3.8, 4) is 5.75 Å². The largest absolute Gasteiger partial charge is 0.489 e. The Labute approximate surface area is 142 Å². The van der Waals surface area contributed by atoms with E-state index in [0.29, 0.717) is 12.1 Å². The van der Waals surface area contributed by atoms with E-state index in [1.54, 1.807) is 0 Å². The van der Waals surface area contributed by atoms with Crippen LogP contribution in [-0.2, 0) is 5.41 Å². The predicted octanol–water partition coefficient (Wildman–Crippen LogP) is 5.27. The monoisotopic (exact) mass is 326 g/mol. The zero-order valence-electron chi connectivity index (χ0n) is 15.4. The van der Waals surface area contributed by atoms with Crippen LogP contribution in [0.15, 0.2) is 49.1 Å². The second-order valence-corrected chi connectivity index (χ2v) is 12.7. The molecule has 1 nitrogen and oxygen atoms in total. The first-order valence-electron chi connectivity index (χ1n) is 8.42. The third-order valence-corrected chi connectivity index (χ3v) is 8.47. The van der Waals surface area contributed by atoms with E-state index < -0.39 is 8.07 Å². The van der Waals surface area contributed by atoms with Crippen molar-refractivity contribution in [1.82, 2.24) is 0 Å². The molecule has 0 amide bonds. The summed E-state index contributed by atoms with van der Waals surface area (Å²) in [6.07, 6.45) is 10.8. The van der Waals surface area contributed by atoms with E-state index in [2.05, 4.69) is 83.8 Å². The van der Waals surface area contributed by atoms with Crippen LogP contribution in [0.2, 0.25) is 18.6 Å². The van der Waals surface area contributed by atoms with Crippen molar-refractivity contribution in [2.75, 3.05) is 6.61 Å². The van der Waals surface area contributed by atoms with Gasteiger partial charge in [-0.25, -0.2) is 0 Å². The Balaban J connectivity index is 2.65. The van der Waals surface area contributed by atoms with Gasteiger partial charge in [-0.3, -0.25) is 0 Å². The SMILES string of the molecule is C=CCOc1c(C(C)(C)C)cc(C)cc1[Si](C)(C)C1C=CC=C1. The van der Waals surface area contributed by atoms with Crippen LogP contribution >= 0.6 is 0 Å². The van der Waals surface area contributed by atoms with E-state index in [0.717, 1.165) is 5.75 Å². The Morgan fingerprint density at radius 2 is 1.78 bits per heavy atom. The van der Waals surface area contributed by atoms with Gasteiger partial charge in [0.2, 0.25) is 0 Å². The van der Waals surface area contributed by atoms with Crippen LogP contribution in [0.3, 0.4) is 0 Å². The summed E-state index contributed by atoms with van der Waals surface area (Å²) in [7, 11) is -1.72. The summed E-state index contributed by atoms with van der Waals surface area (Å²) < 4.78 is 6.21. The van der Waals surface area contributed by atoms with Gasteiger partial charge in [-0.15, -0.1) is 0 Å². The van der Waals surface area contributed by atoms with Crippen molar-refractivity contribution >= 4 is 13.3 Å². The van der Waals surface area contributed by atoms with Gasteiger partial charge in [-0.2, -0.15) is 0 Å². The average molecular weight is 327 g/mol. The zero-order chi connectivity index (χ0) is 17.3. The standard InChI is InChI=1S/C21H30OSi/c1-8-13-22-20-18(21(3,4)5)14-16(2)15-19(20)23(6,7)17-11-9-10-12-17/h8-12,14-15,17H,1,13H2,2-7H3. The molecule has 0 aliphatic heterocycles. The molecule has 23 heavy (non-hydrogen) atoms. The van der Waals surface area contributed by atoms with Crippen LogP contribution in [0.1, 0.15) is 31.9 Å². The Bertz CT molecular complexity index is 633. The molecule has 0 heterocycles. The molecule has 0 saturated carbocycles. The molecule has 0 fully saturated rings. The summed E-state index contributed by atoms with van der Waals surface area (Å²) in [6, 6.07) is 4.63. The third kappa shape index (κ3) is 3.69. The fraction of sp³-hybridized carbons (Fsp3) is 0.429. The number of hydrogen-bond donors (Lipinski definition) is 0. The lowest BCUT2D eigenvalue weighted by molar-refractivity contribution is 0.353. The quantitative estimate of drug-likeness (QED) is 0.529. The first-order chi connectivity index (χ1) is 10.7. The Morgan fingerprint density at radius 3 is 2.30 bits per heavy atom. The van der Waals surface area contributed by atoms with Gasteiger partial charge in [0.1, 0.15) is 12.4 Å². The first-order valence-corrected chi connectivity index (χ1v) is 11.5. The predicted molar refractivity (Wildman–Crippen MR) is 105 cm³/mol. The van der Waals surface area contributed by atoms with E-state index in [-0.39, 0.29) is 5.41 Å². The average Bonchev–Trinajstić information content (AvgIpc) is 2.99. The van der Waals surface area contributed by atoms with Crippen LogP contribution in [0.4, 0.5) is 0 Å². The molecule has 1 aliphatic carbocycles. The van der Waals surface area contributed by atoms with Crippen molar-refractivity contribution in [3.05, 3.63) is 60.2 Å². The normalized spacial score (nSPS) is 15.2. The summed E-state index contributed by atoms with van der Waals surface area (Å²) in [5, 5.41) is 1.42. The summed E-state index contributed by atoms with van der Waals surface area (Å²) >= 11 is 0. The number of ether oxygens (including phenoxy) is 1. The van der Waals surface area contributed by atoms with Crippen molar-refractivity contribution in [1.29, 1.82) is 0 Å². The number of aryl methyl sites for hydroxylation is 1. The van der Waals surface area contributed by atoms with Gasteiger partial charge < -0.3 is 4.74 Å². The molecule has 1 aliphatic rings. The second kappa shape index (κ2) is 6.52. The van der Waals surface area contributed by atoms with E-state index in [1.807, 2.05) is 6.08 Å². The molecule has 1 aromatic carbocycles. The van der Waals surface area contributed by atoms with Gasteiger partial charge in [0.15, 0.2) is 0 Å². The number of rotatable bonds is 5. The summed E-state index contributed by atoms with van der Waals surface area (Å²) in [5.41, 5.74) is 3.22. The van der Waals surface area contributed by atoms with Gasteiger partial charge in [-0.1, -0.05) is 88.5 Å². The lowest BCUT2D eigenvalue weighted by Gasteiger charge is -2.33. The summed E-state index contributed by atoms with van der Waals surface area (Å²) in [5.74, 6) is 1.09. The number of benzene rings is 1. The second-order valence-electron chi connectivity index (χ2n) is 8.06. The van der Waals surface area contributed by atoms with Crippen LogP contribution in [0, 0.1) is 6.92 Å². The molecule has 0 unspecified atom stereocenters. The minimum atomic E-state index is -1.72. The Hall–Kier alpha value is -1.54. The first kappa shape index (κ1) is 17.8. The highest BCUT2D eigenvalue weighted by Crippen LogP contribution is 2.36. The maximum absolute atomic E-state index is 6.21. The maximum atomic E-state index is 6.21. The fourth-order valence-corrected chi connectivity index (χ4v) is 6.13. The van der Waals surface area contributed by atoms with Gasteiger partial charge >= 0.3 is 0 Å². The summed E-state index contributed by atoms with van der Waals surface area (Å²) in [4.78, 5) is 0. The number of hydrogen-bond acceptors (Lipinski definition) is 1. The van der Waals surface area contributed by atoms with E-state index >= 15 is 0 Å². The lowest BCUT2D eigenvalue weighted by Crippen LogP contribution is -2.46. The van der Waals surface area contributed by atoms with Gasteiger partial charge in [-0.05, 0) is 28.6 Å². The fourth-order valence-electron chi connectivity index (χ4n) is 3.20. The third-order valence-electron chi connectivity index (χ3n) is 4.66. The van der Waals surface area contributed by atoms with E-state index in [1.165, 1.54) is 16.3 Å². The molecule has 0 spiro atoms. The maximum Gasteiger partial charge on any atom is 0.122 e. The molecule has 0 atom stereocenters. The van der Waals surface area contributed by atoms with Crippen LogP contribution in [0.25, 0.3) is 0 Å². The van der Waals surface area contributed by atoms with Gasteiger partial charge in [0.25, 0.3) is 0 Å². The topological polar surface area (TPSA) is 9.23 Å². The van der Waals surface area contributed by atoms with Crippen LogP contribution in [0.5, 0.6) is 5.75 Å². The van der Waals surface area contributed by atoms with Gasteiger partial charge in [0, 0.05) is 0 Å². The molecular weight excluding hydrogens is 296 g/mol. The van der Waals surface area contributed by atoms with Crippen molar-refractivity contribution in [2.45, 2.75) is 51.7 Å². The van der Waals surface area contributed by atoms with E-state index in [4.69, 9.17) is 4.74 Å². The number of allylic oxidation sites excluding steroid dienone is 4. The molecule has 2 heteroatoms. The van der Waals surface area contributed by atoms with E-state index in [9.17, 15) is 0 Å². The smallest absolute Gasteiger partial charge is 0.122 e. The molecule has 2 rings (SSSR count). The molecule has 0 saturated heterocycles. The Morgan fingerprint density at radius 1 is 1.17 bits per heavy atom. The molecule has 0 N–H and O–H groups in total. The summed E-state index contributed by atoms with van der Waals surface area (Å²) in [6.45, 7) is 18.2. The van der Waals surface area contributed by atoms with Crippen molar-refractivity contribution < 1.29 is 4.74 Å². The zero-order valence-corrected chi connectivity index (χ0v) is 16.4. The minimum absolute atomic E-state index is 0.0586. The Kier molecular flexibility index (Phi) is 5.05. The van der Waals surface area contributed by atoms with Gasteiger partial charge in [0.05, 0.1) is 8.07 Å². The van der Waals surface area contributed by atoms with Crippen molar-refractivity contribution in [3.63, 3.8) is 0 Å². The highest BCUT2D eigenvalue weighted by atomic mass is 28.3. The minimum Gasteiger partial charge on any atom is -0.489 e. The molecule has 0 aromatic heterocycles. The highest BCUT2D eigenvalue weighted by Gasteiger charge is 2.36. The molecule has 0 radical (unpaired) electrons.